The molecule has 0 aliphatic carbocycles. The highest BCUT2D eigenvalue weighted by atomic mass is 35.5. The van der Waals surface area contributed by atoms with Gasteiger partial charge in [0.25, 0.3) is 0 Å². The maximum absolute atomic E-state index is 10.8. The van der Waals surface area contributed by atoms with Crippen LogP contribution in [0.3, 0.4) is 0 Å². The average molecular weight is 177 g/mol. The summed E-state index contributed by atoms with van der Waals surface area (Å²) in [7, 11) is 0. The van der Waals surface area contributed by atoms with Crippen LogP contribution in [0.2, 0.25) is 0 Å². The molecule has 2 nitrogen and oxygen atoms in total. The monoisotopic (exact) mass is 176 g/mol. The Hall–Kier alpha value is -0.500. The fourth-order valence-electron chi connectivity index (χ4n) is 0.437. The molecular weight excluding hydrogens is 164 g/mol. The SMILES string of the molecule is C=C(C)C(=O)OCCC(C)Cl. The molecular formula is C8H13ClO2. The molecule has 0 N–H and O–H groups in total. The Labute approximate surface area is 72.2 Å². The minimum atomic E-state index is -0.345. The van der Waals surface area contributed by atoms with E-state index in [2.05, 4.69) is 6.58 Å². The average Bonchev–Trinajstić information content (AvgIpc) is 1.86. The topological polar surface area (TPSA) is 26.3 Å². The Balaban J connectivity index is 3.40. The van der Waals surface area contributed by atoms with Crippen molar-refractivity contribution in [2.45, 2.75) is 25.6 Å². The highest BCUT2D eigenvalue weighted by Crippen LogP contribution is 2.01. The lowest BCUT2D eigenvalue weighted by Crippen LogP contribution is -2.08. The van der Waals surface area contributed by atoms with Crippen LogP contribution in [0.1, 0.15) is 20.3 Å². The third-order valence-electron chi connectivity index (χ3n) is 1.10. The van der Waals surface area contributed by atoms with Crippen LogP contribution in [0.4, 0.5) is 0 Å². The molecule has 0 fully saturated rings. The molecule has 0 saturated carbocycles. The van der Waals surface area contributed by atoms with Gasteiger partial charge in [-0.15, -0.1) is 11.6 Å². The first-order valence-electron chi connectivity index (χ1n) is 3.50. The number of hydrogen-bond acceptors (Lipinski definition) is 2. The van der Waals surface area contributed by atoms with E-state index in [1.54, 1.807) is 6.92 Å². The number of alkyl halides is 1. The molecule has 1 atom stereocenters. The smallest absolute Gasteiger partial charge is 0.333 e. The van der Waals surface area contributed by atoms with Crippen LogP contribution in [0.5, 0.6) is 0 Å². The predicted molar refractivity (Wildman–Crippen MR) is 45.7 cm³/mol. The third-order valence-corrected chi connectivity index (χ3v) is 1.32. The first-order chi connectivity index (χ1) is 5.04. The molecule has 0 rings (SSSR count). The van der Waals surface area contributed by atoms with Crippen LogP contribution in [-0.4, -0.2) is 18.0 Å². The van der Waals surface area contributed by atoms with E-state index in [4.69, 9.17) is 16.3 Å². The standard InChI is InChI=1S/C8H13ClO2/c1-6(2)8(10)11-5-4-7(3)9/h7H,1,4-5H2,2-3H3. The second-order valence-electron chi connectivity index (χ2n) is 2.49. The maximum Gasteiger partial charge on any atom is 0.333 e. The number of hydrogen-bond donors (Lipinski definition) is 0. The fraction of sp³-hybridized carbons (Fsp3) is 0.625. The second-order valence-corrected chi connectivity index (χ2v) is 3.23. The summed E-state index contributed by atoms with van der Waals surface area (Å²) in [6, 6.07) is 0. The van der Waals surface area contributed by atoms with E-state index < -0.39 is 0 Å². The minimum Gasteiger partial charge on any atom is -0.462 e. The first kappa shape index (κ1) is 10.5. The Morgan fingerprint density at radius 3 is 2.64 bits per heavy atom. The molecule has 0 aliphatic rings. The van der Waals surface area contributed by atoms with Gasteiger partial charge in [-0.1, -0.05) is 6.58 Å². The molecule has 1 unspecified atom stereocenters. The molecule has 64 valence electrons. The van der Waals surface area contributed by atoms with E-state index >= 15 is 0 Å². The van der Waals surface area contributed by atoms with E-state index in [-0.39, 0.29) is 11.3 Å². The van der Waals surface area contributed by atoms with Crippen LogP contribution >= 0.6 is 11.6 Å². The van der Waals surface area contributed by atoms with Crippen molar-refractivity contribution in [3.63, 3.8) is 0 Å². The Bertz CT molecular complexity index is 152. The van der Waals surface area contributed by atoms with Crippen molar-refractivity contribution in [2.24, 2.45) is 0 Å². The Morgan fingerprint density at radius 1 is 1.73 bits per heavy atom. The highest BCUT2D eigenvalue weighted by Gasteiger charge is 2.03. The predicted octanol–water partition coefficient (Wildman–Crippen LogP) is 2.12. The zero-order chi connectivity index (χ0) is 8.85. The van der Waals surface area contributed by atoms with Gasteiger partial charge in [0.2, 0.25) is 0 Å². The molecule has 0 heterocycles. The summed E-state index contributed by atoms with van der Waals surface area (Å²) in [6.07, 6.45) is 0.681. The van der Waals surface area contributed by atoms with Gasteiger partial charge in [0, 0.05) is 11.0 Å². The van der Waals surface area contributed by atoms with Crippen molar-refractivity contribution in [3.05, 3.63) is 12.2 Å². The number of ether oxygens (including phenoxy) is 1. The van der Waals surface area contributed by atoms with Gasteiger partial charge in [-0.2, -0.15) is 0 Å². The van der Waals surface area contributed by atoms with Crippen molar-refractivity contribution in [2.75, 3.05) is 6.61 Å². The minimum absolute atomic E-state index is 0.0490. The van der Waals surface area contributed by atoms with Crippen LogP contribution in [0, 0.1) is 0 Å². The van der Waals surface area contributed by atoms with Gasteiger partial charge in [-0.25, -0.2) is 4.79 Å². The molecule has 0 aliphatic heterocycles. The van der Waals surface area contributed by atoms with Gasteiger partial charge >= 0.3 is 5.97 Å². The highest BCUT2D eigenvalue weighted by molar-refractivity contribution is 6.20. The van der Waals surface area contributed by atoms with Crippen molar-refractivity contribution in [1.82, 2.24) is 0 Å². The van der Waals surface area contributed by atoms with Gasteiger partial charge in [0.05, 0.1) is 6.61 Å². The van der Waals surface area contributed by atoms with Gasteiger partial charge in [0.1, 0.15) is 0 Å². The summed E-state index contributed by atoms with van der Waals surface area (Å²) in [5.41, 5.74) is 0.423. The molecule has 0 aromatic carbocycles. The zero-order valence-corrected chi connectivity index (χ0v) is 7.65. The molecule has 0 saturated heterocycles. The van der Waals surface area contributed by atoms with Crippen molar-refractivity contribution in [1.29, 1.82) is 0 Å². The third kappa shape index (κ3) is 5.92. The Morgan fingerprint density at radius 2 is 2.27 bits per heavy atom. The molecule has 11 heavy (non-hydrogen) atoms. The van der Waals surface area contributed by atoms with Crippen LogP contribution in [0.25, 0.3) is 0 Å². The normalized spacial score (nSPS) is 12.3. The summed E-state index contributed by atoms with van der Waals surface area (Å²) in [4.78, 5) is 10.8. The molecule has 0 bridgehead atoms. The largest absolute Gasteiger partial charge is 0.462 e. The first-order valence-corrected chi connectivity index (χ1v) is 3.94. The van der Waals surface area contributed by atoms with E-state index in [0.717, 1.165) is 0 Å². The molecule has 0 amide bonds. The number of rotatable bonds is 4. The number of esters is 1. The lowest BCUT2D eigenvalue weighted by Gasteiger charge is -2.04. The van der Waals surface area contributed by atoms with Crippen LogP contribution in [-0.2, 0) is 9.53 Å². The van der Waals surface area contributed by atoms with Crippen LogP contribution < -0.4 is 0 Å². The van der Waals surface area contributed by atoms with Crippen molar-refractivity contribution < 1.29 is 9.53 Å². The zero-order valence-electron chi connectivity index (χ0n) is 6.89. The van der Waals surface area contributed by atoms with Gasteiger partial charge in [0.15, 0.2) is 0 Å². The lowest BCUT2D eigenvalue weighted by molar-refractivity contribution is -0.139. The van der Waals surface area contributed by atoms with Crippen LogP contribution in [0.15, 0.2) is 12.2 Å². The summed E-state index contributed by atoms with van der Waals surface area (Å²) in [5.74, 6) is -0.345. The van der Waals surface area contributed by atoms with E-state index in [1.807, 2.05) is 6.92 Å². The van der Waals surface area contributed by atoms with Crippen molar-refractivity contribution >= 4 is 17.6 Å². The molecule has 0 spiro atoms. The summed E-state index contributed by atoms with van der Waals surface area (Å²) in [5, 5.41) is 0.0490. The van der Waals surface area contributed by atoms with E-state index in [9.17, 15) is 4.79 Å². The number of halogens is 1. The summed E-state index contributed by atoms with van der Waals surface area (Å²) in [6.45, 7) is 7.29. The number of carbonyl (C=O) groups is 1. The van der Waals surface area contributed by atoms with E-state index in [0.29, 0.717) is 18.6 Å². The lowest BCUT2D eigenvalue weighted by atomic mass is 10.3. The molecule has 0 aromatic heterocycles. The summed E-state index contributed by atoms with van der Waals surface area (Å²) >= 11 is 5.63. The van der Waals surface area contributed by atoms with Gasteiger partial charge in [-0.3, -0.25) is 0 Å². The number of carbonyl (C=O) groups excluding carboxylic acids is 1. The Kier molecular flexibility index (Phi) is 4.95. The van der Waals surface area contributed by atoms with Crippen molar-refractivity contribution in [3.8, 4) is 0 Å². The fourth-order valence-corrected chi connectivity index (χ4v) is 0.526. The van der Waals surface area contributed by atoms with E-state index in [1.165, 1.54) is 0 Å². The van der Waals surface area contributed by atoms with Gasteiger partial charge < -0.3 is 4.74 Å². The molecule has 0 aromatic rings. The van der Waals surface area contributed by atoms with Gasteiger partial charge in [-0.05, 0) is 20.3 Å². The summed E-state index contributed by atoms with van der Waals surface area (Å²) < 4.78 is 4.79. The maximum atomic E-state index is 10.8. The second kappa shape index (κ2) is 5.19. The molecule has 3 heteroatoms. The molecule has 0 radical (unpaired) electrons. The quantitative estimate of drug-likeness (QED) is 0.373.